The quantitative estimate of drug-likeness (QED) is 0.153. The molecule has 0 saturated heterocycles. The van der Waals surface area contributed by atoms with Gasteiger partial charge in [-0.2, -0.15) is 0 Å². The Hall–Kier alpha value is -5.20. The Balaban J connectivity index is 0.000000201. The van der Waals surface area contributed by atoms with Crippen molar-refractivity contribution in [1.82, 2.24) is 0 Å². The summed E-state index contributed by atoms with van der Waals surface area (Å²) >= 11 is 0. The van der Waals surface area contributed by atoms with Gasteiger partial charge in [0.15, 0.2) is 0 Å². The largest absolute Gasteiger partial charge is 0.0622 e. The average molecular weight is 665 g/mol. The molecule has 0 unspecified atom stereocenters. The molecule has 0 heterocycles. The molecular weight excluding hydrogens is 613 g/mol. The van der Waals surface area contributed by atoms with E-state index in [0.29, 0.717) is 0 Å². The maximum absolute atomic E-state index is 2.43. The van der Waals surface area contributed by atoms with Gasteiger partial charge in [0.2, 0.25) is 0 Å². The molecular formula is C51H52. The summed E-state index contributed by atoms with van der Waals surface area (Å²) in [6, 6.07) is 55.0. The Kier molecular flexibility index (Phi) is 10.2. The zero-order valence-corrected chi connectivity index (χ0v) is 31.9. The number of hydrogen-bond donors (Lipinski definition) is 0. The van der Waals surface area contributed by atoms with Crippen molar-refractivity contribution in [3.8, 4) is 11.1 Å². The van der Waals surface area contributed by atoms with Crippen molar-refractivity contribution < 1.29 is 0 Å². The van der Waals surface area contributed by atoms with E-state index in [2.05, 4.69) is 196 Å². The maximum Gasteiger partial charge on any atom is -0.00263 e. The minimum Gasteiger partial charge on any atom is -0.0622 e. The van der Waals surface area contributed by atoms with Gasteiger partial charge in [0.25, 0.3) is 0 Å². The lowest BCUT2D eigenvalue weighted by molar-refractivity contribution is 0.590. The highest BCUT2D eigenvalue weighted by atomic mass is 14.2. The summed E-state index contributed by atoms with van der Waals surface area (Å²) in [4.78, 5) is 0. The lowest BCUT2D eigenvalue weighted by Gasteiger charge is -2.24. The molecule has 0 bridgehead atoms. The van der Waals surface area contributed by atoms with Crippen LogP contribution >= 0.6 is 0 Å². The molecule has 0 N–H and O–H groups in total. The molecule has 0 nitrogen and oxygen atoms in total. The van der Waals surface area contributed by atoms with Crippen molar-refractivity contribution in [3.63, 3.8) is 0 Å². The molecule has 256 valence electrons. The highest BCUT2D eigenvalue weighted by Gasteiger charge is 2.20. The van der Waals surface area contributed by atoms with Crippen LogP contribution in [0.4, 0.5) is 0 Å². The Morgan fingerprint density at radius 2 is 0.824 bits per heavy atom. The molecule has 0 heteroatoms. The minimum atomic E-state index is 0.105. The summed E-state index contributed by atoms with van der Waals surface area (Å²) in [7, 11) is 0. The molecule has 8 rings (SSSR count). The van der Waals surface area contributed by atoms with Crippen molar-refractivity contribution in [2.24, 2.45) is 0 Å². The van der Waals surface area contributed by atoms with E-state index in [1.165, 1.54) is 82.0 Å². The molecule has 51 heavy (non-hydrogen) atoms. The van der Waals surface area contributed by atoms with Crippen LogP contribution in [0.5, 0.6) is 0 Å². The predicted octanol–water partition coefficient (Wildman–Crippen LogP) is 14.9. The van der Waals surface area contributed by atoms with Crippen LogP contribution in [0.2, 0.25) is 0 Å². The summed E-state index contributed by atoms with van der Waals surface area (Å²) in [5.41, 5.74) is 9.64. The van der Waals surface area contributed by atoms with Gasteiger partial charge in [-0.05, 0) is 115 Å². The van der Waals surface area contributed by atoms with Crippen molar-refractivity contribution >= 4 is 43.1 Å². The molecule has 0 aliphatic heterocycles. The van der Waals surface area contributed by atoms with E-state index in [4.69, 9.17) is 0 Å². The van der Waals surface area contributed by atoms with Gasteiger partial charge < -0.3 is 0 Å². The van der Waals surface area contributed by atoms with Crippen molar-refractivity contribution in [1.29, 1.82) is 0 Å². The fraction of sp³-hybridized carbons (Fsp3) is 0.216. The first kappa shape index (κ1) is 35.6. The third-order valence-corrected chi connectivity index (χ3v) is 10.0. The van der Waals surface area contributed by atoms with Crippen LogP contribution in [0.25, 0.3) is 54.2 Å². The summed E-state index contributed by atoms with van der Waals surface area (Å²) < 4.78 is 0. The van der Waals surface area contributed by atoms with Crippen LogP contribution in [-0.2, 0) is 10.8 Å². The van der Waals surface area contributed by atoms with Crippen LogP contribution in [0.1, 0.15) is 69.4 Å². The van der Waals surface area contributed by atoms with Crippen LogP contribution in [0.15, 0.2) is 152 Å². The second-order valence-corrected chi connectivity index (χ2v) is 16.1. The highest BCUT2D eigenvalue weighted by Crippen LogP contribution is 2.42. The van der Waals surface area contributed by atoms with E-state index in [0.717, 1.165) is 0 Å². The third-order valence-electron chi connectivity index (χ3n) is 10.0. The number of benzene rings is 8. The lowest BCUT2D eigenvalue weighted by Crippen LogP contribution is -2.11. The third kappa shape index (κ3) is 8.08. The Labute approximate surface area is 305 Å². The Morgan fingerprint density at radius 3 is 1.37 bits per heavy atom. The number of aryl methyl sites for hydroxylation is 3. The zero-order valence-electron chi connectivity index (χ0n) is 31.9. The average Bonchev–Trinajstić information content (AvgIpc) is 3.11. The Morgan fingerprint density at radius 1 is 0.333 bits per heavy atom. The monoisotopic (exact) mass is 664 g/mol. The first-order valence-corrected chi connectivity index (χ1v) is 18.3. The second-order valence-electron chi connectivity index (χ2n) is 16.1. The van der Waals surface area contributed by atoms with E-state index < -0.39 is 0 Å². The van der Waals surface area contributed by atoms with Gasteiger partial charge in [-0.3, -0.25) is 0 Å². The second kappa shape index (κ2) is 14.6. The molecule has 0 aliphatic rings. The number of fused-ring (bicyclic) bond motifs is 4. The molecule has 0 aromatic heterocycles. The maximum atomic E-state index is 2.43. The van der Waals surface area contributed by atoms with Crippen molar-refractivity contribution in [2.45, 2.75) is 73.1 Å². The highest BCUT2D eigenvalue weighted by molar-refractivity contribution is 6.16. The molecule has 8 aromatic rings. The first-order chi connectivity index (χ1) is 24.3. The van der Waals surface area contributed by atoms with Crippen LogP contribution in [0.3, 0.4) is 0 Å². The van der Waals surface area contributed by atoms with Gasteiger partial charge >= 0.3 is 0 Å². The van der Waals surface area contributed by atoms with Gasteiger partial charge in [-0.15, -0.1) is 0 Å². The SMILES string of the molecule is Cc1c2cc(C(C)(C)C)ccc2c(-c2ccc3ccccc3c2)c2cc(C(C)(C)C)ccc12.Cc1ccc2ccccc2c1.Cc1ccccc1. The molecule has 0 atom stereocenters. The molecule has 0 amide bonds. The van der Waals surface area contributed by atoms with Gasteiger partial charge in [0.05, 0.1) is 0 Å². The van der Waals surface area contributed by atoms with Gasteiger partial charge in [-0.1, -0.05) is 192 Å². The van der Waals surface area contributed by atoms with Crippen LogP contribution < -0.4 is 0 Å². The topological polar surface area (TPSA) is 0 Å². The Bertz CT molecular complexity index is 2450. The zero-order chi connectivity index (χ0) is 36.3. The summed E-state index contributed by atoms with van der Waals surface area (Å²) in [6.07, 6.45) is 0. The van der Waals surface area contributed by atoms with Gasteiger partial charge in [0.1, 0.15) is 0 Å². The molecule has 0 radical (unpaired) electrons. The van der Waals surface area contributed by atoms with Gasteiger partial charge in [0, 0.05) is 0 Å². The molecule has 0 saturated carbocycles. The van der Waals surface area contributed by atoms with Crippen molar-refractivity contribution in [3.05, 3.63) is 179 Å². The first-order valence-electron chi connectivity index (χ1n) is 18.3. The van der Waals surface area contributed by atoms with E-state index in [1.54, 1.807) is 0 Å². The van der Waals surface area contributed by atoms with E-state index in [9.17, 15) is 0 Å². The van der Waals surface area contributed by atoms with Gasteiger partial charge in [-0.25, -0.2) is 0 Å². The number of rotatable bonds is 1. The van der Waals surface area contributed by atoms with E-state index in [-0.39, 0.29) is 10.8 Å². The van der Waals surface area contributed by atoms with E-state index in [1.807, 2.05) is 18.2 Å². The number of hydrogen-bond acceptors (Lipinski definition) is 0. The fourth-order valence-corrected chi connectivity index (χ4v) is 6.87. The normalized spacial score (nSPS) is 11.6. The molecule has 8 aromatic carbocycles. The summed E-state index contributed by atoms with van der Waals surface area (Å²) in [5.74, 6) is 0. The van der Waals surface area contributed by atoms with Crippen molar-refractivity contribution in [2.75, 3.05) is 0 Å². The van der Waals surface area contributed by atoms with Crippen LogP contribution in [0, 0.1) is 20.8 Å². The van der Waals surface area contributed by atoms with Crippen LogP contribution in [-0.4, -0.2) is 0 Å². The molecule has 0 spiro atoms. The lowest BCUT2D eigenvalue weighted by atomic mass is 9.80. The predicted molar refractivity (Wildman–Crippen MR) is 226 cm³/mol. The minimum absolute atomic E-state index is 0.105. The fourth-order valence-electron chi connectivity index (χ4n) is 6.87. The molecule has 0 aliphatic carbocycles. The summed E-state index contributed by atoms with van der Waals surface area (Å²) in [5, 5.41) is 10.6. The standard InChI is InChI=1S/C33H34.C11H10.C7H8/c1-21-27-16-14-26(33(5,6)7)20-30(27)31(24-13-12-22-10-8-9-11-23(22)18-24)28-17-15-25(19-29(21)28)32(2,3)4;1-9-6-7-10-4-2-3-5-11(10)8-9;1-7-5-3-2-4-6-7/h8-20H,1-7H3;2-8H,1H3;2-6H,1H3. The summed E-state index contributed by atoms with van der Waals surface area (Å²) in [6.45, 7) is 20.3. The molecule has 0 fully saturated rings. The van der Waals surface area contributed by atoms with E-state index >= 15 is 0 Å². The smallest absolute Gasteiger partial charge is 0.00263 e.